The van der Waals surface area contributed by atoms with E-state index in [1.54, 1.807) is 52.0 Å². The van der Waals surface area contributed by atoms with E-state index in [9.17, 15) is 9.59 Å². The summed E-state index contributed by atoms with van der Waals surface area (Å²) in [5, 5.41) is 0. The van der Waals surface area contributed by atoms with Crippen molar-refractivity contribution < 1.29 is 19.1 Å². The summed E-state index contributed by atoms with van der Waals surface area (Å²) in [7, 11) is 0. The van der Waals surface area contributed by atoms with Gasteiger partial charge in [-0.25, -0.2) is 9.59 Å². The van der Waals surface area contributed by atoms with Crippen molar-refractivity contribution in [2.75, 3.05) is 0 Å². The Morgan fingerprint density at radius 1 is 0.789 bits per heavy atom. The van der Waals surface area contributed by atoms with E-state index in [-0.39, 0.29) is 61.1 Å². The Balaban J connectivity index is 0.00000324. The molecule has 0 aliphatic carbocycles. The summed E-state index contributed by atoms with van der Waals surface area (Å²) >= 11 is 0. The van der Waals surface area contributed by atoms with Crippen LogP contribution in [0.4, 0.5) is 0 Å². The molecule has 0 aliphatic heterocycles. The van der Waals surface area contributed by atoms with Crippen molar-refractivity contribution in [1.82, 2.24) is 0 Å². The molecule has 0 fully saturated rings. The molecule has 1 aromatic rings. The second-order valence-corrected chi connectivity index (χ2v) is 4.49. The number of hydrogen-bond donors (Lipinski definition) is 0. The van der Waals surface area contributed by atoms with E-state index in [1.165, 1.54) is 0 Å². The number of carbonyl (C=O) groups excluding carboxylic acids is 2. The van der Waals surface area contributed by atoms with E-state index >= 15 is 0 Å². The molecular formula is C14H20BaO4. The van der Waals surface area contributed by atoms with Crippen LogP contribution in [-0.2, 0) is 9.47 Å². The zero-order valence-corrected chi connectivity index (χ0v) is 11.1. The minimum atomic E-state index is -0.395. The van der Waals surface area contributed by atoms with Gasteiger partial charge in [-0.15, -0.1) is 0 Å². The van der Waals surface area contributed by atoms with E-state index in [2.05, 4.69) is 0 Å². The molecular weight excluding hydrogens is 369 g/mol. The van der Waals surface area contributed by atoms with E-state index in [4.69, 9.17) is 9.47 Å². The molecule has 5 heteroatoms. The maximum atomic E-state index is 11.6. The summed E-state index contributed by atoms with van der Waals surface area (Å²) in [5.41, 5.74) is 0.842. The van der Waals surface area contributed by atoms with Crippen LogP contribution in [0, 0.1) is 0 Å². The van der Waals surface area contributed by atoms with Gasteiger partial charge < -0.3 is 9.47 Å². The average molecular weight is 390 g/mol. The van der Waals surface area contributed by atoms with Gasteiger partial charge >= 0.3 is 60.8 Å². The van der Waals surface area contributed by atoms with Crippen molar-refractivity contribution in [1.29, 1.82) is 0 Å². The van der Waals surface area contributed by atoms with E-state index in [0.29, 0.717) is 11.1 Å². The first-order valence-electron chi connectivity index (χ1n) is 5.92. The third kappa shape index (κ3) is 6.63. The molecule has 1 aromatic carbocycles. The zero-order chi connectivity index (χ0) is 13.7. The second-order valence-electron chi connectivity index (χ2n) is 4.49. The summed E-state index contributed by atoms with van der Waals surface area (Å²) in [6.07, 6.45) is -0.328. The molecule has 0 saturated heterocycles. The van der Waals surface area contributed by atoms with Crippen LogP contribution in [0.15, 0.2) is 24.3 Å². The summed E-state index contributed by atoms with van der Waals surface area (Å²) in [5.74, 6) is -0.789. The predicted molar refractivity (Wildman–Crippen MR) is 76.1 cm³/mol. The first kappa shape index (κ1) is 18.7. The molecule has 0 heterocycles. The van der Waals surface area contributed by atoms with Crippen molar-refractivity contribution in [2.45, 2.75) is 39.9 Å². The monoisotopic (exact) mass is 390 g/mol. The van der Waals surface area contributed by atoms with Crippen LogP contribution in [0.1, 0.15) is 48.4 Å². The molecule has 0 spiro atoms. The third-order valence-corrected chi connectivity index (χ3v) is 2.04. The molecule has 0 unspecified atom stereocenters. The van der Waals surface area contributed by atoms with E-state index in [1.807, 2.05) is 0 Å². The fraction of sp³-hybridized carbons (Fsp3) is 0.429. The fourth-order valence-electron chi connectivity index (χ4n) is 1.31. The van der Waals surface area contributed by atoms with Gasteiger partial charge in [0.1, 0.15) is 0 Å². The van der Waals surface area contributed by atoms with Gasteiger partial charge in [0.25, 0.3) is 0 Å². The van der Waals surface area contributed by atoms with Crippen LogP contribution in [0.5, 0.6) is 0 Å². The van der Waals surface area contributed by atoms with Crippen molar-refractivity contribution in [2.24, 2.45) is 0 Å². The Labute approximate surface area is 153 Å². The fourth-order valence-corrected chi connectivity index (χ4v) is 1.31. The second kappa shape index (κ2) is 8.81. The molecule has 0 atom stereocenters. The molecule has 1 rings (SSSR count). The molecule has 4 nitrogen and oxygen atoms in total. The molecule has 0 aromatic heterocycles. The van der Waals surface area contributed by atoms with Gasteiger partial charge in [0.15, 0.2) is 0 Å². The standard InChI is InChI=1S/C14H18O4.Ba.2H/c1-9(2)17-13(15)11-5-7-12(8-6-11)14(16)18-10(3)4;;;/h5-10H,1-4H3;;;. The van der Waals surface area contributed by atoms with Crippen LogP contribution >= 0.6 is 0 Å². The molecule has 0 N–H and O–H groups in total. The van der Waals surface area contributed by atoms with E-state index in [0.717, 1.165) is 0 Å². The number of ether oxygens (including phenoxy) is 2. The molecule has 19 heavy (non-hydrogen) atoms. The molecule has 0 saturated carbocycles. The summed E-state index contributed by atoms with van der Waals surface area (Å²) in [4.78, 5) is 23.2. The number of rotatable bonds is 4. The van der Waals surface area contributed by atoms with Gasteiger partial charge in [-0.3, -0.25) is 0 Å². The number of hydrogen-bond acceptors (Lipinski definition) is 4. The van der Waals surface area contributed by atoms with Crippen LogP contribution in [-0.4, -0.2) is 73.0 Å². The van der Waals surface area contributed by atoms with Crippen molar-refractivity contribution >= 4 is 60.8 Å². The molecule has 0 amide bonds. The Kier molecular flexibility index (Phi) is 8.69. The van der Waals surface area contributed by atoms with Crippen molar-refractivity contribution in [3.8, 4) is 0 Å². The van der Waals surface area contributed by atoms with Crippen molar-refractivity contribution in [3.05, 3.63) is 35.4 Å². The molecule has 0 aliphatic rings. The van der Waals surface area contributed by atoms with Gasteiger partial charge in [0, 0.05) is 0 Å². The Bertz CT molecular complexity index is 383. The van der Waals surface area contributed by atoms with E-state index < -0.39 is 11.9 Å². The molecule has 102 valence electrons. The van der Waals surface area contributed by atoms with Crippen LogP contribution in [0.2, 0.25) is 0 Å². The number of benzene rings is 1. The predicted octanol–water partition coefficient (Wildman–Crippen LogP) is 1.90. The Hall–Kier alpha value is -0.269. The minimum absolute atomic E-state index is 0. The summed E-state index contributed by atoms with van der Waals surface area (Å²) < 4.78 is 10.1. The van der Waals surface area contributed by atoms with Gasteiger partial charge in [-0.1, -0.05) is 0 Å². The number of esters is 2. The van der Waals surface area contributed by atoms with Gasteiger partial charge in [-0.2, -0.15) is 0 Å². The van der Waals surface area contributed by atoms with Gasteiger partial charge in [-0.05, 0) is 52.0 Å². The number of carbonyl (C=O) groups is 2. The first-order chi connectivity index (χ1) is 8.40. The van der Waals surface area contributed by atoms with Crippen molar-refractivity contribution in [3.63, 3.8) is 0 Å². The van der Waals surface area contributed by atoms with Crippen LogP contribution < -0.4 is 0 Å². The Morgan fingerprint density at radius 2 is 1.05 bits per heavy atom. The molecule has 0 radical (unpaired) electrons. The summed E-state index contributed by atoms with van der Waals surface area (Å²) in [6, 6.07) is 6.23. The maximum absolute atomic E-state index is 11.6. The normalized spacial score (nSPS) is 10.0. The average Bonchev–Trinajstić information content (AvgIpc) is 2.27. The Morgan fingerprint density at radius 3 is 1.26 bits per heavy atom. The zero-order valence-electron chi connectivity index (χ0n) is 11.1. The van der Waals surface area contributed by atoms with Gasteiger partial charge in [0.05, 0.1) is 23.3 Å². The SMILES string of the molecule is CC(C)OC(=O)c1ccc(C(=O)OC(C)C)cc1.[BaH2]. The summed E-state index contributed by atoms with van der Waals surface area (Å²) in [6.45, 7) is 7.14. The molecule has 0 bridgehead atoms. The van der Waals surface area contributed by atoms with Crippen LogP contribution in [0.25, 0.3) is 0 Å². The topological polar surface area (TPSA) is 52.6 Å². The third-order valence-electron chi connectivity index (χ3n) is 2.04. The quantitative estimate of drug-likeness (QED) is 0.583. The van der Waals surface area contributed by atoms with Crippen LogP contribution in [0.3, 0.4) is 0 Å². The van der Waals surface area contributed by atoms with Gasteiger partial charge in [0.2, 0.25) is 0 Å². The first-order valence-corrected chi connectivity index (χ1v) is 5.92.